The summed E-state index contributed by atoms with van der Waals surface area (Å²) in [6, 6.07) is 9.24. The molecule has 0 saturated carbocycles. The summed E-state index contributed by atoms with van der Waals surface area (Å²) in [7, 11) is 1.52. The van der Waals surface area contributed by atoms with Crippen LogP contribution in [0.25, 0.3) is 0 Å². The SMILES string of the molecule is C#CCOc1c(I)cc(/C=N/NC(=O)C(NC(=O)c2cccc(Cl)c2)C(C)C)cc1OC. The summed E-state index contributed by atoms with van der Waals surface area (Å²) in [5.41, 5.74) is 3.53. The van der Waals surface area contributed by atoms with Crippen LogP contribution in [-0.4, -0.2) is 37.8 Å². The quantitative estimate of drug-likeness (QED) is 0.208. The molecule has 2 aromatic rings. The summed E-state index contributed by atoms with van der Waals surface area (Å²) >= 11 is 8.04. The molecule has 1 atom stereocenters. The lowest BCUT2D eigenvalue weighted by atomic mass is 10.0. The lowest BCUT2D eigenvalue weighted by molar-refractivity contribution is -0.123. The molecule has 0 heterocycles. The second kappa shape index (κ2) is 12.3. The predicted octanol–water partition coefficient (Wildman–Crippen LogP) is 3.87. The Hall–Kier alpha value is -2.77. The molecule has 2 N–H and O–H groups in total. The fraction of sp³-hybridized carbons (Fsp3) is 0.261. The number of carbonyl (C=O) groups excluding carboxylic acids is 2. The van der Waals surface area contributed by atoms with Crippen LogP contribution in [0.5, 0.6) is 11.5 Å². The third-order valence-electron chi connectivity index (χ3n) is 4.26. The maximum atomic E-state index is 12.6. The van der Waals surface area contributed by atoms with Crippen LogP contribution in [0.3, 0.4) is 0 Å². The molecular formula is C23H23ClIN3O4. The smallest absolute Gasteiger partial charge is 0.262 e. The van der Waals surface area contributed by atoms with Crippen molar-refractivity contribution in [2.24, 2.45) is 11.0 Å². The Bertz CT molecular complexity index is 1050. The highest BCUT2D eigenvalue weighted by Gasteiger charge is 2.24. The van der Waals surface area contributed by atoms with Gasteiger partial charge in [-0.1, -0.05) is 37.4 Å². The molecule has 32 heavy (non-hydrogen) atoms. The van der Waals surface area contributed by atoms with Gasteiger partial charge < -0.3 is 14.8 Å². The molecule has 9 heteroatoms. The van der Waals surface area contributed by atoms with Crippen molar-refractivity contribution < 1.29 is 19.1 Å². The molecule has 168 valence electrons. The Morgan fingerprint density at radius 2 is 2.06 bits per heavy atom. The van der Waals surface area contributed by atoms with E-state index in [2.05, 4.69) is 44.4 Å². The van der Waals surface area contributed by atoms with Crippen molar-refractivity contribution in [2.75, 3.05) is 13.7 Å². The zero-order valence-electron chi connectivity index (χ0n) is 17.8. The zero-order valence-corrected chi connectivity index (χ0v) is 20.7. The molecule has 1 unspecified atom stereocenters. The van der Waals surface area contributed by atoms with Gasteiger partial charge in [0, 0.05) is 10.6 Å². The van der Waals surface area contributed by atoms with Gasteiger partial charge in [0.2, 0.25) is 0 Å². The van der Waals surface area contributed by atoms with Crippen LogP contribution in [0.2, 0.25) is 5.02 Å². The fourth-order valence-corrected chi connectivity index (χ4v) is 3.67. The van der Waals surface area contributed by atoms with E-state index in [-0.39, 0.29) is 12.5 Å². The van der Waals surface area contributed by atoms with Gasteiger partial charge in [0.1, 0.15) is 12.6 Å². The molecule has 2 amide bonds. The molecule has 2 aromatic carbocycles. The van der Waals surface area contributed by atoms with E-state index < -0.39 is 17.9 Å². The highest BCUT2D eigenvalue weighted by Crippen LogP contribution is 2.33. The second-order valence-corrected chi connectivity index (χ2v) is 8.57. The molecule has 0 radical (unpaired) electrons. The van der Waals surface area contributed by atoms with Gasteiger partial charge in [-0.3, -0.25) is 9.59 Å². The summed E-state index contributed by atoms with van der Waals surface area (Å²) < 4.78 is 11.6. The number of nitrogens with one attached hydrogen (secondary N) is 2. The fourth-order valence-electron chi connectivity index (χ4n) is 2.70. The van der Waals surface area contributed by atoms with Gasteiger partial charge in [0.25, 0.3) is 11.8 Å². The van der Waals surface area contributed by atoms with Gasteiger partial charge in [-0.2, -0.15) is 5.10 Å². The van der Waals surface area contributed by atoms with E-state index in [0.29, 0.717) is 27.6 Å². The summed E-state index contributed by atoms with van der Waals surface area (Å²) in [6.07, 6.45) is 6.72. The summed E-state index contributed by atoms with van der Waals surface area (Å²) in [6.45, 7) is 3.77. The van der Waals surface area contributed by atoms with Crippen LogP contribution >= 0.6 is 34.2 Å². The number of ether oxygens (including phenoxy) is 2. The third kappa shape index (κ3) is 7.14. The summed E-state index contributed by atoms with van der Waals surface area (Å²) in [5.74, 6) is 2.44. The van der Waals surface area contributed by atoms with Gasteiger partial charge in [-0.25, -0.2) is 5.43 Å². The van der Waals surface area contributed by atoms with Crippen molar-refractivity contribution in [3.05, 3.63) is 56.1 Å². The summed E-state index contributed by atoms with van der Waals surface area (Å²) in [4.78, 5) is 25.1. The first kappa shape index (κ1) is 25.5. The van der Waals surface area contributed by atoms with E-state index in [0.717, 1.165) is 3.57 Å². The van der Waals surface area contributed by atoms with Gasteiger partial charge in [-0.15, -0.1) is 6.42 Å². The van der Waals surface area contributed by atoms with Crippen LogP contribution < -0.4 is 20.2 Å². The first-order valence-electron chi connectivity index (χ1n) is 9.60. The normalized spacial score (nSPS) is 11.7. The molecule has 7 nitrogen and oxygen atoms in total. The van der Waals surface area contributed by atoms with Crippen LogP contribution in [0.15, 0.2) is 41.5 Å². The standard InChI is InChI=1S/C23H23ClIN3O4/c1-5-9-32-21-18(25)10-15(11-19(21)31-4)13-26-28-23(30)20(14(2)3)27-22(29)16-7-6-8-17(24)12-16/h1,6-8,10-14,20H,9H2,2-4H3,(H,27,29)(H,28,30)/b26-13+. The lowest BCUT2D eigenvalue weighted by Gasteiger charge is -2.20. The Labute approximate surface area is 206 Å². The molecule has 2 rings (SSSR count). The highest BCUT2D eigenvalue weighted by atomic mass is 127. The van der Waals surface area contributed by atoms with E-state index in [9.17, 15) is 9.59 Å². The van der Waals surface area contributed by atoms with Crippen LogP contribution in [-0.2, 0) is 4.79 Å². The molecule has 0 aliphatic heterocycles. The minimum absolute atomic E-state index is 0.118. The van der Waals surface area contributed by atoms with Crippen molar-refractivity contribution >= 4 is 52.2 Å². The third-order valence-corrected chi connectivity index (χ3v) is 5.30. The lowest BCUT2D eigenvalue weighted by Crippen LogP contribution is -2.48. The van der Waals surface area contributed by atoms with Gasteiger partial charge in [-0.05, 0) is 64.4 Å². The van der Waals surface area contributed by atoms with E-state index in [1.807, 2.05) is 19.9 Å². The minimum atomic E-state index is -0.784. The number of nitrogens with zero attached hydrogens (tertiary/aromatic N) is 1. The second-order valence-electron chi connectivity index (χ2n) is 6.97. The topological polar surface area (TPSA) is 89.0 Å². The molecular weight excluding hydrogens is 545 g/mol. The van der Waals surface area contributed by atoms with Crippen molar-refractivity contribution in [1.29, 1.82) is 0 Å². The molecule has 0 fully saturated rings. The van der Waals surface area contributed by atoms with E-state index in [1.54, 1.807) is 24.3 Å². The molecule has 0 saturated heterocycles. The van der Waals surface area contributed by atoms with Crippen molar-refractivity contribution in [3.63, 3.8) is 0 Å². The Morgan fingerprint density at radius 3 is 2.69 bits per heavy atom. The number of hydrazone groups is 1. The van der Waals surface area contributed by atoms with Crippen LogP contribution in [0, 0.1) is 21.8 Å². The van der Waals surface area contributed by atoms with Crippen LogP contribution in [0.1, 0.15) is 29.8 Å². The first-order valence-corrected chi connectivity index (χ1v) is 11.1. The highest BCUT2D eigenvalue weighted by molar-refractivity contribution is 14.1. The van der Waals surface area contributed by atoms with Crippen molar-refractivity contribution in [3.8, 4) is 23.8 Å². The van der Waals surface area contributed by atoms with Crippen molar-refractivity contribution in [2.45, 2.75) is 19.9 Å². The molecule has 0 aliphatic carbocycles. The maximum absolute atomic E-state index is 12.6. The number of terminal acetylenes is 1. The van der Waals surface area contributed by atoms with Gasteiger partial charge in [0.15, 0.2) is 11.5 Å². The van der Waals surface area contributed by atoms with E-state index in [4.69, 9.17) is 27.5 Å². The van der Waals surface area contributed by atoms with E-state index in [1.165, 1.54) is 19.4 Å². The zero-order chi connectivity index (χ0) is 23.7. The number of rotatable bonds is 9. The Balaban J connectivity index is 2.09. The largest absolute Gasteiger partial charge is 0.493 e. The molecule has 0 bridgehead atoms. The maximum Gasteiger partial charge on any atom is 0.262 e. The number of halogens is 2. The summed E-state index contributed by atoms with van der Waals surface area (Å²) in [5, 5.41) is 7.18. The number of hydrogen-bond acceptors (Lipinski definition) is 5. The molecule has 0 aliphatic rings. The number of hydrogen-bond donors (Lipinski definition) is 2. The number of amides is 2. The average Bonchev–Trinajstić information content (AvgIpc) is 2.75. The first-order chi connectivity index (χ1) is 15.3. The van der Waals surface area contributed by atoms with Gasteiger partial charge >= 0.3 is 0 Å². The van der Waals surface area contributed by atoms with Gasteiger partial charge in [0.05, 0.1) is 16.9 Å². The molecule has 0 spiro atoms. The number of benzene rings is 2. The Kier molecular flexibility index (Phi) is 9.81. The van der Waals surface area contributed by atoms with Crippen molar-refractivity contribution in [1.82, 2.24) is 10.7 Å². The van der Waals surface area contributed by atoms with Crippen LogP contribution in [0.4, 0.5) is 0 Å². The Morgan fingerprint density at radius 1 is 1.31 bits per heavy atom. The molecule has 0 aromatic heterocycles. The predicted molar refractivity (Wildman–Crippen MR) is 133 cm³/mol. The number of methoxy groups -OCH3 is 1. The number of carbonyl (C=O) groups is 2. The monoisotopic (exact) mass is 567 g/mol. The average molecular weight is 568 g/mol. The minimum Gasteiger partial charge on any atom is -0.493 e. The van der Waals surface area contributed by atoms with E-state index >= 15 is 0 Å².